The molecule has 0 aliphatic rings. The highest BCUT2D eigenvalue weighted by atomic mass is 79.9. The van der Waals surface area contributed by atoms with E-state index in [1.54, 1.807) is 6.07 Å². The van der Waals surface area contributed by atoms with E-state index in [1.807, 2.05) is 48.5 Å². The number of hydrogen-bond donors (Lipinski definition) is 0. The number of furan rings is 1. The van der Waals surface area contributed by atoms with Crippen LogP contribution < -0.4 is 0 Å². The van der Waals surface area contributed by atoms with E-state index in [0.717, 1.165) is 30.7 Å². The third-order valence-corrected chi connectivity index (χ3v) is 5.11. The topological polar surface area (TPSA) is 56.3 Å². The fraction of sp³-hybridized carbons (Fsp3) is 0. The third-order valence-electron chi connectivity index (χ3n) is 3.92. The summed E-state index contributed by atoms with van der Waals surface area (Å²) >= 11 is 6.97. The molecule has 3 aromatic carbocycles. The van der Waals surface area contributed by atoms with E-state index < -0.39 is 4.92 Å². The third kappa shape index (κ3) is 2.34. The largest absolute Gasteiger partial charge is 0.442 e. The first kappa shape index (κ1) is 15.4. The Balaban J connectivity index is 2.24. The fourth-order valence-electron chi connectivity index (χ4n) is 2.92. The molecule has 4 rings (SSSR count). The second-order valence-corrected chi connectivity index (χ2v) is 7.09. The van der Waals surface area contributed by atoms with Gasteiger partial charge in [-0.2, -0.15) is 0 Å². The van der Waals surface area contributed by atoms with Crippen LogP contribution in [-0.2, 0) is 0 Å². The molecule has 0 saturated heterocycles. The first-order valence-corrected chi connectivity index (χ1v) is 8.69. The van der Waals surface area contributed by atoms with Gasteiger partial charge in [0, 0.05) is 19.9 Å². The first-order chi connectivity index (χ1) is 11.6. The summed E-state index contributed by atoms with van der Waals surface area (Å²) in [4.78, 5) is 11.1. The lowest BCUT2D eigenvalue weighted by molar-refractivity contribution is -0.400. The normalized spacial score (nSPS) is 11.2. The summed E-state index contributed by atoms with van der Waals surface area (Å²) in [6.07, 6.45) is 0. The molecule has 0 aliphatic heterocycles. The minimum Gasteiger partial charge on any atom is -0.400 e. The van der Waals surface area contributed by atoms with Gasteiger partial charge in [-0.25, -0.2) is 0 Å². The van der Waals surface area contributed by atoms with Crippen LogP contribution in [0.2, 0.25) is 0 Å². The number of halogens is 2. The number of fused-ring (bicyclic) bond motifs is 3. The van der Waals surface area contributed by atoms with Crippen LogP contribution in [0.5, 0.6) is 0 Å². The molecule has 24 heavy (non-hydrogen) atoms. The Morgan fingerprint density at radius 3 is 2.50 bits per heavy atom. The summed E-state index contributed by atoms with van der Waals surface area (Å²) in [6, 6.07) is 17.0. The SMILES string of the molecule is O=[N+]([O-])c1oc2ccc3ccc(Br)cc3c2c1-c1ccccc1Br. The predicted molar refractivity (Wildman–Crippen MR) is 101 cm³/mol. The maximum atomic E-state index is 11.6. The lowest BCUT2D eigenvalue weighted by Crippen LogP contribution is -1.89. The van der Waals surface area contributed by atoms with Crippen molar-refractivity contribution in [2.75, 3.05) is 0 Å². The van der Waals surface area contributed by atoms with Gasteiger partial charge in [-0.3, -0.25) is 10.1 Å². The Kier molecular flexibility index (Phi) is 3.66. The van der Waals surface area contributed by atoms with E-state index in [4.69, 9.17) is 4.42 Å². The summed E-state index contributed by atoms with van der Waals surface area (Å²) in [5, 5.41) is 14.2. The van der Waals surface area contributed by atoms with E-state index in [2.05, 4.69) is 31.9 Å². The summed E-state index contributed by atoms with van der Waals surface area (Å²) in [6.45, 7) is 0. The molecular formula is C18H9Br2NO3. The molecule has 0 unspecified atom stereocenters. The average molecular weight is 447 g/mol. The van der Waals surface area contributed by atoms with Crippen LogP contribution >= 0.6 is 31.9 Å². The van der Waals surface area contributed by atoms with Crippen molar-refractivity contribution in [3.8, 4) is 11.1 Å². The van der Waals surface area contributed by atoms with E-state index in [1.165, 1.54) is 0 Å². The van der Waals surface area contributed by atoms with Gasteiger partial charge in [0.05, 0.1) is 0 Å². The number of nitro groups is 1. The zero-order valence-electron chi connectivity index (χ0n) is 12.1. The van der Waals surface area contributed by atoms with Crippen LogP contribution in [0.3, 0.4) is 0 Å². The van der Waals surface area contributed by atoms with Gasteiger partial charge in [-0.1, -0.05) is 62.2 Å². The number of benzene rings is 3. The Labute approximate surface area is 153 Å². The molecule has 1 heterocycles. The van der Waals surface area contributed by atoms with Crippen molar-refractivity contribution in [1.29, 1.82) is 0 Å². The molecule has 0 amide bonds. The highest BCUT2D eigenvalue weighted by Gasteiger charge is 2.27. The van der Waals surface area contributed by atoms with Crippen LogP contribution in [0, 0.1) is 10.1 Å². The Hall–Kier alpha value is -2.18. The van der Waals surface area contributed by atoms with E-state index in [0.29, 0.717) is 11.1 Å². The predicted octanol–water partition coefficient (Wildman–Crippen LogP) is 6.69. The second-order valence-electron chi connectivity index (χ2n) is 5.32. The van der Waals surface area contributed by atoms with Gasteiger partial charge in [0.25, 0.3) is 0 Å². The Morgan fingerprint density at radius 1 is 1.00 bits per heavy atom. The van der Waals surface area contributed by atoms with Gasteiger partial charge in [-0.15, -0.1) is 0 Å². The molecule has 0 saturated carbocycles. The van der Waals surface area contributed by atoms with Gasteiger partial charge < -0.3 is 4.42 Å². The molecule has 0 N–H and O–H groups in total. The van der Waals surface area contributed by atoms with E-state index in [-0.39, 0.29) is 5.88 Å². The van der Waals surface area contributed by atoms with E-state index in [9.17, 15) is 10.1 Å². The zero-order valence-corrected chi connectivity index (χ0v) is 15.3. The first-order valence-electron chi connectivity index (χ1n) is 7.10. The van der Waals surface area contributed by atoms with Crippen LogP contribution in [-0.4, -0.2) is 4.92 Å². The van der Waals surface area contributed by atoms with Crippen LogP contribution in [0.15, 0.2) is 68.0 Å². The van der Waals surface area contributed by atoms with Crippen molar-refractivity contribution in [1.82, 2.24) is 0 Å². The highest BCUT2D eigenvalue weighted by Crippen LogP contribution is 2.45. The van der Waals surface area contributed by atoms with Gasteiger partial charge in [0.1, 0.15) is 16.1 Å². The van der Waals surface area contributed by atoms with Crippen molar-refractivity contribution in [3.05, 3.63) is 73.7 Å². The maximum Gasteiger partial charge on any atom is 0.442 e. The molecule has 1 aromatic heterocycles. The molecule has 4 aromatic rings. The molecule has 4 nitrogen and oxygen atoms in total. The molecule has 0 atom stereocenters. The molecule has 0 bridgehead atoms. The molecular weight excluding hydrogens is 438 g/mol. The van der Waals surface area contributed by atoms with Crippen molar-refractivity contribution >= 4 is 59.5 Å². The minimum atomic E-state index is -0.474. The van der Waals surface area contributed by atoms with Crippen LogP contribution in [0.1, 0.15) is 0 Å². The standard InChI is InChI=1S/C18H9Br2NO3/c19-11-7-5-10-6-8-15-16(13(10)9-11)17(18(24-15)21(22)23)12-3-1-2-4-14(12)20/h1-9H. The summed E-state index contributed by atoms with van der Waals surface area (Å²) < 4.78 is 7.27. The number of nitrogens with zero attached hydrogens (tertiary/aromatic N) is 1. The lowest BCUT2D eigenvalue weighted by atomic mass is 9.99. The lowest BCUT2D eigenvalue weighted by Gasteiger charge is -2.04. The summed E-state index contributed by atoms with van der Waals surface area (Å²) in [5.41, 5.74) is 1.72. The van der Waals surface area contributed by atoms with Gasteiger partial charge in [-0.05, 0) is 35.0 Å². The molecule has 0 aliphatic carbocycles. The van der Waals surface area contributed by atoms with Gasteiger partial charge in [0.2, 0.25) is 0 Å². The van der Waals surface area contributed by atoms with Crippen molar-refractivity contribution in [2.24, 2.45) is 0 Å². The van der Waals surface area contributed by atoms with Crippen molar-refractivity contribution in [2.45, 2.75) is 0 Å². The van der Waals surface area contributed by atoms with Gasteiger partial charge in [0.15, 0.2) is 0 Å². The monoisotopic (exact) mass is 445 g/mol. The van der Waals surface area contributed by atoms with Crippen molar-refractivity contribution in [3.63, 3.8) is 0 Å². The smallest absolute Gasteiger partial charge is 0.400 e. The quantitative estimate of drug-likeness (QED) is 0.254. The molecule has 0 spiro atoms. The Bertz CT molecular complexity index is 1120. The minimum absolute atomic E-state index is 0.246. The summed E-state index contributed by atoms with van der Waals surface area (Å²) in [7, 11) is 0. The fourth-order valence-corrected chi connectivity index (χ4v) is 3.76. The number of rotatable bonds is 2. The van der Waals surface area contributed by atoms with E-state index >= 15 is 0 Å². The number of hydrogen-bond acceptors (Lipinski definition) is 3. The molecule has 0 radical (unpaired) electrons. The highest BCUT2D eigenvalue weighted by molar-refractivity contribution is 9.10. The van der Waals surface area contributed by atoms with Crippen molar-refractivity contribution < 1.29 is 9.34 Å². The molecule has 6 heteroatoms. The maximum absolute atomic E-state index is 11.6. The summed E-state index contributed by atoms with van der Waals surface area (Å²) in [5.74, 6) is -0.246. The van der Waals surface area contributed by atoms with Crippen LogP contribution in [0.25, 0.3) is 32.9 Å². The average Bonchev–Trinajstić information content (AvgIpc) is 2.95. The van der Waals surface area contributed by atoms with Gasteiger partial charge >= 0.3 is 5.88 Å². The van der Waals surface area contributed by atoms with Crippen LogP contribution in [0.4, 0.5) is 5.88 Å². The zero-order chi connectivity index (χ0) is 16.8. The molecule has 118 valence electrons. The second kappa shape index (κ2) is 5.72. The Morgan fingerprint density at radius 2 is 1.75 bits per heavy atom. The molecule has 0 fully saturated rings.